The molecule has 0 spiro atoms. The fraction of sp³-hybridized carbons (Fsp3) is 0.684. The predicted octanol–water partition coefficient (Wildman–Crippen LogP) is 2.13. The highest BCUT2D eigenvalue weighted by Crippen LogP contribution is 2.24. The van der Waals surface area contributed by atoms with Gasteiger partial charge in [-0.15, -0.1) is 12.4 Å². The largest absolute Gasteiger partial charge is 0.496 e. The number of nitrogens with one attached hydrogen (secondary N) is 1. The van der Waals surface area contributed by atoms with Gasteiger partial charge in [0.2, 0.25) is 0 Å². The van der Waals surface area contributed by atoms with Gasteiger partial charge in [0, 0.05) is 64.0 Å². The number of methoxy groups -OCH3 is 1. The first kappa shape index (κ1) is 20.5. The van der Waals surface area contributed by atoms with E-state index in [1.807, 2.05) is 6.92 Å². The van der Waals surface area contributed by atoms with Crippen molar-refractivity contribution in [3.8, 4) is 5.75 Å². The number of halogens is 1. The zero-order chi connectivity index (χ0) is 16.8. The van der Waals surface area contributed by atoms with Gasteiger partial charge in [-0.25, -0.2) is 0 Å². The molecule has 1 N–H and O–H groups in total. The van der Waals surface area contributed by atoms with E-state index in [4.69, 9.17) is 9.47 Å². The first-order chi connectivity index (χ1) is 11.8. The smallest absolute Gasteiger partial charge is 0.124 e. The van der Waals surface area contributed by atoms with Crippen LogP contribution in [0.1, 0.15) is 24.5 Å². The zero-order valence-corrected chi connectivity index (χ0v) is 16.3. The highest BCUT2D eigenvalue weighted by Gasteiger charge is 2.28. The Kier molecular flexibility index (Phi) is 8.46. The van der Waals surface area contributed by atoms with Crippen LogP contribution in [0.25, 0.3) is 0 Å². The van der Waals surface area contributed by atoms with Crippen LogP contribution in [0.15, 0.2) is 18.2 Å². The third-order valence-corrected chi connectivity index (χ3v) is 5.13. The second-order valence-corrected chi connectivity index (χ2v) is 6.75. The van der Waals surface area contributed by atoms with Gasteiger partial charge in [-0.2, -0.15) is 0 Å². The van der Waals surface area contributed by atoms with Gasteiger partial charge in [0.1, 0.15) is 5.75 Å². The molecule has 0 bridgehead atoms. The Balaban J connectivity index is 0.00000225. The van der Waals surface area contributed by atoms with E-state index in [9.17, 15) is 0 Å². The molecule has 2 aliphatic rings. The summed E-state index contributed by atoms with van der Waals surface area (Å²) in [4.78, 5) is 5.24. The summed E-state index contributed by atoms with van der Waals surface area (Å²) in [6.45, 7) is 11.4. The molecule has 1 atom stereocenters. The maximum atomic E-state index is 5.58. The van der Waals surface area contributed by atoms with Crippen molar-refractivity contribution in [3.63, 3.8) is 0 Å². The number of rotatable bonds is 7. The number of ether oxygens (including phenoxy) is 2. The molecule has 1 unspecified atom stereocenters. The quantitative estimate of drug-likeness (QED) is 0.797. The fourth-order valence-corrected chi connectivity index (χ4v) is 3.81. The molecular weight excluding hydrogens is 338 g/mol. The normalized spacial score (nSPS) is 21.9. The van der Waals surface area contributed by atoms with Crippen LogP contribution in [0.4, 0.5) is 0 Å². The molecule has 142 valence electrons. The molecule has 0 aromatic heterocycles. The average Bonchev–Trinajstić information content (AvgIpc) is 3.09. The van der Waals surface area contributed by atoms with Crippen molar-refractivity contribution in [3.05, 3.63) is 29.3 Å². The van der Waals surface area contributed by atoms with Crippen molar-refractivity contribution < 1.29 is 9.47 Å². The lowest BCUT2D eigenvalue weighted by molar-refractivity contribution is 0.132. The molecule has 25 heavy (non-hydrogen) atoms. The summed E-state index contributed by atoms with van der Waals surface area (Å²) in [5.74, 6) is 0.923. The fourth-order valence-electron chi connectivity index (χ4n) is 3.81. The zero-order valence-electron chi connectivity index (χ0n) is 15.5. The van der Waals surface area contributed by atoms with Crippen LogP contribution < -0.4 is 10.1 Å². The minimum absolute atomic E-state index is 0. The third-order valence-electron chi connectivity index (χ3n) is 5.13. The van der Waals surface area contributed by atoms with Gasteiger partial charge in [-0.05, 0) is 31.0 Å². The van der Waals surface area contributed by atoms with Gasteiger partial charge in [-0.3, -0.25) is 9.80 Å². The highest BCUT2D eigenvalue weighted by atomic mass is 35.5. The summed E-state index contributed by atoms with van der Waals surface area (Å²) in [7, 11) is 1.73. The van der Waals surface area contributed by atoms with Gasteiger partial charge < -0.3 is 14.8 Å². The van der Waals surface area contributed by atoms with Gasteiger partial charge >= 0.3 is 0 Å². The van der Waals surface area contributed by atoms with E-state index in [1.54, 1.807) is 7.11 Å². The number of hydrogen-bond donors (Lipinski definition) is 1. The first-order valence-electron chi connectivity index (χ1n) is 9.20. The molecule has 0 aliphatic carbocycles. The van der Waals surface area contributed by atoms with Gasteiger partial charge in [0.25, 0.3) is 0 Å². The van der Waals surface area contributed by atoms with Crippen LogP contribution in [-0.4, -0.2) is 68.8 Å². The summed E-state index contributed by atoms with van der Waals surface area (Å²) >= 11 is 0. The molecular formula is C19H32ClN3O2. The van der Waals surface area contributed by atoms with E-state index in [1.165, 1.54) is 38.2 Å². The Labute approximate surface area is 158 Å². The lowest BCUT2D eigenvalue weighted by Gasteiger charge is -2.32. The topological polar surface area (TPSA) is 37.0 Å². The Morgan fingerprint density at radius 3 is 2.72 bits per heavy atom. The molecule has 2 fully saturated rings. The Hall–Kier alpha value is -0.850. The molecule has 0 amide bonds. The maximum absolute atomic E-state index is 5.58. The Morgan fingerprint density at radius 1 is 1.20 bits per heavy atom. The summed E-state index contributed by atoms with van der Waals surface area (Å²) in [5.41, 5.74) is 2.50. The summed E-state index contributed by atoms with van der Waals surface area (Å²) in [6.07, 6.45) is 1.29. The summed E-state index contributed by atoms with van der Waals surface area (Å²) in [6, 6.07) is 7.24. The molecule has 0 radical (unpaired) electrons. The van der Waals surface area contributed by atoms with E-state index in [-0.39, 0.29) is 12.4 Å². The molecule has 2 saturated heterocycles. The Bertz CT molecular complexity index is 523. The van der Waals surface area contributed by atoms with E-state index in [2.05, 4.69) is 33.3 Å². The minimum Gasteiger partial charge on any atom is -0.496 e. The van der Waals surface area contributed by atoms with E-state index < -0.39 is 0 Å². The van der Waals surface area contributed by atoms with Gasteiger partial charge in [-0.1, -0.05) is 6.07 Å². The van der Waals surface area contributed by atoms with Crippen LogP contribution in [0, 0.1) is 0 Å². The van der Waals surface area contributed by atoms with Crippen LogP contribution in [0.2, 0.25) is 0 Å². The van der Waals surface area contributed by atoms with Crippen LogP contribution in [-0.2, 0) is 17.9 Å². The van der Waals surface area contributed by atoms with E-state index in [0.717, 1.165) is 43.6 Å². The van der Waals surface area contributed by atoms with Crippen molar-refractivity contribution >= 4 is 12.4 Å². The lowest BCUT2D eigenvalue weighted by Crippen LogP contribution is -2.49. The molecule has 0 saturated carbocycles. The molecule has 5 nitrogen and oxygen atoms in total. The summed E-state index contributed by atoms with van der Waals surface area (Å²) in [5, 5.41) is 3.44. The van der Waals surface area contributed by atoms with Crippen LogP contribution in [0.5, 0.6) is 5.75 Å². The highest BCUT2D eigenvalue weighted by molar-refractivity contribution is 5.85. The molecule has 2 aliphatic heterocycles. The van der Waals surface area contributed by atoms with E-state index >= 15 is 0 Å². The van der Waals surface area contributed by atoms with Crippen molar-refractivity contribution in [1.82, 2.24) is 15.1 Å². The minimum atomic E-state index is 0. The SMILES string of the molecule is CCOCc1cc(CN2CCC(N3CCNCC3)C2)ccc1OC.Cl. The number of benzene rings is 1. The standard InChI is InChI=1S/C19H31N3O2.ClH/c1-3-24-15-17-12-16(4-5-19(17)23-2)13-21-9-6-18(14-21)22-10-7-20-8-11-22;/h4-5,12,18,20H,3,6-11,13-15H2,1-2H3;1H. The third kappa shape index (κ3) is 5.56. The first-order valence-corrected chi connectivity index (χ1v) is 9.20. The molecule has 6 heteroatoms. The molecule has 2 heterocycles. The number of piperazine rings is 1. The van der Waals surface area contributed by atoms with Crippen LogP contribution >= 0.6 is 12.4 Å². The number of hydrogen-bond acceptors (Lipinski definition) is 5. The van der Waals surface area contributed by atoms with Crippen LogP contribution in [0.3, 0.4) is 0 Å². The number of likely N-dealkylation sites (tertiary alicyclic amines) is 1. The maximum Gasteiger partial charge on any atom is 0.124 e. The number of nitrogens with zero attached hydrogens (tertiary/aromatic N) is 2. The predicted molar refractivity (Wildman–Crippen MR) is 104 cm³/mol. The molecule has 1 aromatic rings. The average molecular weight is 370 g/mol. The van der Waals surface area contributed by atoms with Crippen molar-refractivity contribution in [2.24, 2.45) is 0 Å². The molecule has 3 rings (SSSR count). The van der Waals surface area contributed by atoms with Crippen molar-refractivity contribution in [2.45, 2.75) is 32.5 Å². The van der Waals surface area contributed by atoms with Gasteiger partial charge in [0.15, 0.2) is 0 Å². The van der Waals surface area contributed by atoms with Gasteiger partial charge in [0.05, 0.1) is 13.7 Å². The molecule has 1 aromatic carbocycles. The van der Waals surface area contributed by atoms with Crippen molar-refractivity contribution in [2.75, 3.05) is 53.0 Å². The monoisotopic (exact) mass is 369 g/mol. The lowest BCUT2D eigenvalue weighted by atomic mass is 10.1. The van der Waals surface area contributed by atoms with Crippen molar-refractivity contribution in [1.29, 1.82) is 0 Å². The van der Waals surface area contributed by atoms with E-state index in [0.29, 0.717) is 6.61 Å². The second-order valence-electron chi connectivity index (χ2n) is 6.75. The Morgan fingerprint density at radius 2 is 2.00 bits per heavy atom. The summed E-state index contributed by atoms with van der Waals surface area (Å²) < 4.78 is 11.0. The second kappa shape index (κ2) is 10.3.